The van der Waals surface area contributed by atoms with Crippen LogP contribution in [0.3, 0.4) is 0 Å². The predicted octanol–water partition coefficient (Wildman–Crippen LogP) is 3.55. The highest BCUT2D eigenvalue weighted by Gasteiger charge is 2.20. The summed E-state index contributed by atoms with van der Waals surface area (Å²) in [7, 11) is 0. The number of hydrogen-bond acceptors (Lipinski definition) is 2. The number of anilines is 1. The van der Waals surface area contributed by atoms with Crippen molar-refractivity contribution in [1.29, 1.82) is 0 Å². The molecular formula is C16H25ClN4O. The first-order valence-corrected chi connectivity index (χ1v) is 7.78. The second-order valence-corrected chi connectivity index (χ2v) is 6.35. The Bertz CT molecular complexity index is 564. The van der Waals surface area contributed by atoms with Gasteiger partial charge in [-0.3, -0.25) is 10.2 Å². The Morgan fingerprint density at radius 1 is 1.36 bits per heavy atom. The van der Waals surface area contributed by atoms with Crippen molar-refractivity contribution in [1.82, 2.24) is 5.32 Å². The number of carbonyl (C=O) groups is 1. The molecule has 0 saturated carbocycles. The SMILES string of the molecule is CCc1cccc(Cl)c1N(CC)C(=O)NC(N)=NC(C)(C)C. The second-order valence-electron chi connectivity index (χ2n) is 5.94. The van der Waals surface area contributed by atoms with Gasteiger partial charge in [0.1, 0.15) is 0 Å². The van der Waals surface area contributed by atoms with Crippen molar-refractivity contribution in [3.8, 4) is 0 Å². The van der Waals surface area contributed by atoms with Gasteiger partial charge in [0.05, 0.1) is 16.2 Å². The van der Waals surface area contributed by atoms with Gasteiger partial charge < -0.3 is 5.73 Å². The molecule has 122 valence electrons. The Morgan fingerprint density at radius 2 is 2.00 bits per heavy atom. The van der Waals surface area contributed by atoms with Gasteiger partial charge in [0.2, 0.25) is 0 Å². The van der Waals surface area contributed by atoms with Crippen LogP contribution in [-0.4, -0.2) is 24.1 Å². The molecule has 22 heavy (non-hydrogen) atoms. The number of nitrogens with one attached hydrogen (secondary N) is 1. The van der Waals surface area contributed by atoms with E-state index in [1.54, 1.807) is 11.0 Å². The van der Waals surface area contributed by atoms with Gasteiger partial charge in [0.25, 0.3) is 0 Å². The maximum Gasteiger partial charge on any atom is 0.328 e. The van der Waals surface area contributed by atoms with Crippen LogP contribution in [0.25, 0.3) is 0 Å². The molecule has 1 aromatic carbocycles. The fraction of sp³-hybridized carbons (Fsp3) is 0.500. The molecule has 0 aliphatic heterocycles. The Kier molecular flexibility index (Phi) is 6.23. The lowest BCUT2D eigenvalue weighted by Gasteiger charge is -2.25. The van der Waals surface area contributed by atoms with Crippen LogP contribution in [0.4, 0.5) is 10.5 Å². The van der Waals surface area contributed by atoms with E-state index < -0.39 is 0 Å². The number of para-hydroxylation sites is 1. The van der Waals surface area contributed by atoms with Crippen molar-refractivity contribution in [2.24, 2.45) is 10.7 Å². The zero-order chi connectivity index (χ0) is 16.9. The summed E-state index contributed by atoms with van der Waals surface area (Å²) in [4.78, 5) is 18.3. The highest BCUT2D eigenvalue weighted by atomic mass is 35.5. The molecule has 0 unspecified atom stereocenters. The number of hydrogen-bond donors (Lipinski definition) is 2. The van der Waals surface area contributed by atoms with Crippen LogP contribution in [0.15, 0.2) is 23.2 Å². The minimum Gasteiger partial charge on any atom is -0.370 e. The molecule has 5 nitrogen and oxygen atoms in total. The quantitative estimate of drug-likeness (QED) is 0.659. The van der Waals surface area contributed by atoms with Crippen LogP contribution < -0.4 is 16.0 Å². The number of carbonyl (C=O) groups excluding carboxylic acids is 1. The molecule has 0 heterocycles. The molecule has 2 amide bonds. The molecule has 1 aromatic rings. The number of rotatable bonds is 3. The molecule has 0 saturated heterocycles. The second kappa shape index (κ2) is 7.49. The van der Waals surface area contributed by atoms with Crippen LogP contribution in [0.5, 0.6) is 0 Å². The summed E-state index contributed by atoms with van der Waals surface area (Å²) in [5.74, 6) is 0.0982. The smallest absolute Gasteiger partial charge is 0.328 e. The zero-order valence-electron chi connectivity index (χ0n) is 13.9. The molecule has 0 aliphatic carbocycles. The van der Waals surface area contributed by atoms with Gasteiger partial charge in [0, 0.05) is 6.54 Å². The minimum absolute atomic E-state index is 0.0982. The highest BCUT2D eigenvalue weighted by molar-refractivity contribution is 6.34. The standard InChI is InChI=1S/C16H25ClN4O/c1-6-11-9-8-10-12(17)13(11)21(7-2)15(22)19-14(18)20-16(3,4)5/h8-10H,6-7H2,1-5H3,(H3,18,19,20,22). The van der Waals surface area contributed by atoms with Gasteiger partial charge in [-0.15, -0.1) is 0 Å². The maximum atomic E-state index is 12.5. The summed E-state index contributed by atoms with van der Waals surface area (Å²) < 4.78 is 0. The molecule has 0 atom stereocenters. The third-order valence-electron chi connectivity index (χ3n) is 2.97. The largest absolute Gasteiger partial charge is 0.370 e. The van der Waals surface area contributed by atoms with Crippen LogP contribution in [0.1, 0.15) is 40.2 Å². The van der Waals surface area contributed by atoms with Crippen molar-refractivity contribution >= 4 is 29.3 Å². The molecule has 0 bridgehead atoms. The number of benzene rings is 1. The topological polar surface area (TPSA) is 70.7 Å². The Labute approximate surface area is 137 Å². The number of nitrogens with two attached hydrogens (primary N) is 1. The zero-order valence-corrected chi connectivity index (χ0v) is 14.7. The lowest BCUT2D eigenvalue weighted by atomic mass is 10.1. The van der Waals surface area contributed by atoms with Gasteiger partial charge in [-0.2, -0.15) is 0 Å². The van der Waals surface area contributed by atoms with Crippen LogP contribution in [0, 0.1) is 0 Å². The summed E-state index contributed by atoms with van der Waals surface area (Å²) in [6.45, 7) is 10.1. The lowest BCUT2D eigenvalue weighted by Crippen LogP contribution is -2.47. The number of amides is 2. The number of aryl methyl sites for hydroxylation is 1. The fourth-order valence-corrected chi connectivity index (χ4v) is 2.41. The van der Waals surface area contributed by atoms with E-state index in [-0.39, 0.29) is 17.5 Å². The third-order valence-corrected chi connectivity index (χ3v) is 3.28. The molecule has 0 spiro atoms. The average molecular weight is 325 g/mol. The summed E-state index contributed by atoms with van der Waals surface area (Å²) >= 11 is 6.29. The van der Waals surface area contributed by atoms with Crippen LogP contribution in [0.2, 0.25) is 5.02 Å². The van der Waals surface area contributed by atoms with E-state index in [1.165, 1.54) is 0 Å². The number of nitrogens with zero attached hydrogens (tertiary/aromatic N) is 2. The molecule has 1 rings (SSSR count). The van der Waals surface area contributed by atoms with E-state index >= 15 is 0 Å². The van der Waals surface area contributed by atoms with E-state index in [0.717, 1.165) is 17.7 Å². The minimum atomic E-state index is -0.354. The van der Waals surface area contributed by atoms with Gasteiger partial charge in [0.15, 0.2) is 5.96 Å². The Morgan fingerprint density at radius 3 is 2.50 bits per heavy atom. The van der Waals surface area contributed by atoms with E-state index in [4.69, 9.17) is 17.3 Å². The van der Waals surface area contributed by atoms with Gasteiger partial charge in [-0.1, -0.05) is 30.7 Å². The van der Waals surface area contributed by atoms with E-state index in [9.17, 15) is 4.79 Å². The van der Waals surface area contributed by atoms with Crippen molar-refractivity contribution in [2.45, 2.75) is 46.6 Å². The van der Waals surface area contributed by atoms with E-state index in [2.05, 4.69) is 10.3 Å². The first-order valence-electron chi connectivity index (χ1n) is 7.40. The maximum absolute atomic E-state index is 12.5. The fourth-order valence-electron chi connectivity index (χ4n) is 2.12. The molecule has 3 N–H and O–H groups in total. The lowest BCUT2D eigenvalue weighted by molar-refractivity contribution is 0.250. The van der Waals surface area contributed by atoms with Crippen molar-refractivity contribution in [3.05, 3.63) is 28.8 Å². The van der Waals surface area contributed by atoms with Gasteiger partial charge in [-0.05, 0) is 45.7 Å². The first kappa shape index (κ1) is 18.3. The van der Waals surface area contributed by atoms with Gasteiger partial charge >= 0.3 is 6.03 Å². The summed E-state index contributed by atoms with van der Waals surface area (Å²) in [6, 6.07) is 5.28. The normalized spacial score (nSPS) is 12.2. The summed E-state index contributed by atoms with van der Waals surface area (Å²) in [6.07, 6.45) is 0.783. The Balaban J connectivity index is 3.07. The Hall–Kier alpha value is -1.75. The monoisotopic (exact) mass is 324 g/mol. The molecule has 6 heteroatoms. The number of aliphatic imine (C=N–C) groups is 1. The van der Waals surface area contributed by atoms with Gasteiger partial charge in [-0.25, -0.2) is 9.79 Å². The molecule has 0 fully saturated rings. The number of halogens is 1. The molecule has 0 radical (unpaired) electrons. The van der Waals surface area contributed by atoms with Crippen molar-refractivity contribution in [3.63, 3.8) is 0 Å². The molecule has 0 aliphatic rings. The van der Waals surface area contributed by atoms with Crippen LogP contribution in [-0.2, 0) is 6.42 Å². The number of urea groups is 1. The predicted molar refractivity (Wildman–Crippen MR) is 93.8 cm³/mol. The summed E-state index contributed by atoms with van der Waals surface area (Å²) in [5, 5.41) is 3.16. The van der Waals surface area contributed by atoms with Crippen LogP contribution >= 0.6 is 11.6 Å². The average Bonchev–Trinajstić information content (AvgIpc) is 2.38. The number of guanidine groups is 1. The van der Waals surface area contributed by atoms with Crippen molar-refractivity contribution in [2.75, 3.05) is 11.4 Å². The highest BCUT2D eigenvalue weighted by Crippen LogP contribution is 2.30. The third kappa shape index (κ3) is 4.91. The van der Waals surface area contributed by atoms with E-state index in [1.807, 2.05) is 46.8 Å². The van der Waals surface area contributed by atoms with E-state index in [0.29, 0.717) is 11.6 Å². The molecular weight excluding hydrogens is 300 g/mol. The van der Waals surface area contributed by atoms with Crippen molar-refractivity contribution < 1.29 is 4.79 Å². The summed E-state index contributed by atoms with van der Waals surface area (Å²) in [5.41, 5.74) is 7.17. The molecule has 0 aromatic heterocycles. The first-order chi connectivity index (χ1) is 10.2.